The largest absolute Gasteiger partial charge is 0.480 e. The Hall–Kier alpha value is -3.07. The molecule has 3 aromatic rings. The third-order valence-electron chi connectivity index (χ3n) is 3.86. The molecule has 0 radical (unpaired) electrons. The molecule has 1 aromatic heterocycles. The Balaban J connectivity index is 1.87. The zero-order valence-corrected chi connectivity index (χ0v) is 12.3. The molecule has 1 atom stereocenters. The minimum atomic E-state index is -0.441. The number of para-hydroxylation sites is 1. The molecule has 23 heavy (non-hydrogen) atoms. The zero-order valence-electron chi connectivity index (χ0n) is 12.3. The third kappa shape index (κ3) is 2.46. The molecule has 0 spiro atoms. The Labute approximate surface area is 133 Å². The van der Waals surface area contributed by atoms with Gasteiger partial charge in [0.15, 0.2) is 11.9 Å². The van der Waals surface area contributed by atoms with Gasteiger partial charge in [-0.15, -0.1) is 0 Å². The molecule has 0 saturated carbocycles. The summed E-state index contributed by atoms with van der Waals surface area (Å²) >= 11 is 0. The van der Waals surface area contributed by atoms with Crippen molar-refractivity contribution in [1.29, 1.82) is 0 Å². The number of benzene rings is 2. The van der Waals surface area contributed by atoms with Crippen molar-refractivity contribution >= 4 is 11.9 Å². The molecule has 0 aliphatic carbocycles. The maximum Gasteiger partial charge on any atom is 0.196 e. The lowest BCUT2D eigenvalue weighted by atomic mass is 9.90. The van der Waals surface area contributed by atoms with Gasteiger partial charge in [0, 0.05) is 5.57 Å². The second-order valence-corrected chi connectivity index (χ2v) is 5.35. The quantitative estimate of drug-likeness (QED) is 0.645. The lowest BCUT2D eigenvalue weighted by molar-refractivity contribution is 0.0963. The highest BCUT2D eigenvalue weighted by Gasteiger charge is 2.32. The zero-order chi connectivity index (χ0) is 15.6. The fraction of sp³-hybridized carbons (Fsp3) is 0.0500. The van der Waals surface area contributed by atoms with Gasteiger partial charge in [-0.2, -0.15) is 0 Å². The molecular formula is C20H14O3. The average Bonchev–Trinajstić information content (AvgIpc) is 3.11. The van der Waals surface area contributed by atoms with Crippen LogP contribution in [0.4, 0.5) is 0 Å². The van der Waals surface area contributed by atoms with Crippen molar-refractivity contribution in [3.05, 3.63) is 95.5 Å². The van der Waals surface area contributed by atoms with Gasteiger partial charge in [-0.25, -0.2) is 0 Å². The van der Waals surface area contributed by atoms with Gasteiger partial charge in [-0.1, -0.05) is 42.5 Å². The van der Waals surface area contributed by atoms with Crippen LogP contribution in [0.5, 0.6) is 5.75 Å². The van der Waals surface area contributed by atoms with Crippen molar-refractivity contribution in [2.45, 2.75) is 6.10 Å². The molecule has 0 amide bonds. The molecule has 1 aliphatic heterocycles. The molecule has 0 bridgehead atoms. The number of hydrogen-bond acceptors (Lipinski definition) is 3. The number of rotatable bonds is 2. The van der Waals surface area contributed by atoms with Crippen molar-refractivity contribution in [2.24, 2.45) is 0 Å². The van der Waals surface area contributed by atoms with Gasteiger partial charge in [-0.3, -0.25) is 4.79 Å². The number of furan rings is 1. The molecule has 0 fully saturated rings. The molecule has 112 valence electrons. The third-order valence-corrected chi connectivity index (χ3v) is 3.86. The predicted molar refractivity (Wildman–Crippen MR) is 87.3 cm³/mol. The number of ether oxygens (including phenoxy) is 1. The van der Waals surface area contributed by atoms with Crippen LogP contribution >= 0.6 is 0 Å². The fourth-order valence-electron chi connectivity index (χ4n) is 2.77. The first-order chi connectivity index (χ1) is 11.3. The smallest absolute Gasteiger partial charge is 0.196 e. The van der Waals surface area contributed by atoms with E-state index in [9.17, 15) is 4.79 Å². The van der Waals surface area contributed by atoms with Crippen molar-refractivity contribution in [1.82, 2.24) is 0 Å². The van der Waals surface area contributed by atoms with Gasteiger partial charge in [0.2, 0.25) is 0 Å². The van der Waals surface area contributed by atoms with Crippen molar-refractivity contribution in [3.8, 4) is 5.75 Å². The first-order valence-corrected chi connectivity index (χ1v) is 7.43. The van der Waals surface area contributed by atoms with Gasteiger partial charge in [0.25, 0.3) is 0 Å². The standard InChI is InChI=1S/C20H14O3/c21-19-16-10-4-5-11-18(16)23-20(14-7-2-1-3-8-14)17(19)13-15-9-6-12-22-15/h1-13,20H/b17-13-/t20-/m0/s1. The Morgan fingerprint density at radius 3 is 2.43 bits per heavy atom. The van der Waals surface area contributed by atoms with E-state index in [0.29, 0.717) is 22.6 Å². The number of fused-ring (bicyclic) bond motifs is 1. The number of carbonyl (C=O) groups is 1. The van der Waals surface area contributed by atoms with E-state index in [1.54, 1.807) is 24.5 Å². The minimum Gasteiger partial charge on any atom is -0.480 e. The number of ketones is 1. The molecule has 1 aliphatic rings. The molecular weight excluding hydrogens is 288 g/mol. The average molecular weight is 302 g/mol. The number of Topliss-reactive ketones (excluding diaryl/α,β-unsaturated/α-hetero) is 1. The maximum atomic E-state index is 12.9. The molecule has 2 aromatic carbocycles. The summed E-state index contributed by atoms with van der Waals surface area (Å²) in [6.45, 7) is 0. The molecule has 0 N–H and O–H groups in total. The second-order valence-electron chi connectivity index (χ2n) is 5.35. The minimum absolute atomic E-state index is 0.0305. The summed E-state index contributed by atoms with van der Waals surface area (Å²) < 4.78 is 11.5. The van der Waals surface area contributed by atoms with E-state index in [2.05, 4.69) is 0 Å². The predicted octanol–water partition coefficient (Wildman–Crippen LogP) is 4.68. The Morgan fingerprint density at radius 2 is 1.65 bits per heavy atom. The molecule has 3 nitrogen and oxygen atoms in total. The van der Waals surface area contributed by atoms with E-state index in [4.69, 9.17) is 9.15 Å². The summed E-state index contributed by atoms with van der Waals surface area (Å²) in [5.74, 6) is 1.22. The van der Waals surface area contributed by atoms with Crippen LogP contribution in [0.3, 0.4) is 0 Å². The lowest BCUT2D eigenvalue weighted by Crippen LogP contribution is -2.23. The highest BCUT2D eigenvalue weighted by Crippen LogP contribution is 2.39. The van der Waals surface area contributed by atoms with Gasteiger partial charge < -0.3 is 9.15 Å². The Morgan fingerprint density at radius 1 is 0.870 bits per heavy atom. The van der Waals surface area contributed by atoms with Crippen LogP contribution in [0.1, 0.15) is 27.8 Å². The van der Waals surface area contributed by atoms with Gasteiger partial charge in [0.05, 0.1) is 11.8 Å². The fourth-order valence-corrected chi connectivity index (χ4v) is 2.77. The summed E-state index contributed by atoms with van der Waals surface area (Å²) in [5.41, 5.74) is 2.09. The van der Waals surface area contributed by atoms with Crippen molar-refractivity contribution < 1.29 is 13.9 Å². The van der Waals surface area contributed by atoms with E-state index in [0.717, 1.165) is 5.56 Å². The Bertz CT molecular complexity index is 861. The van der Waals surface area contributed by atoms with Crippen LogP contribution in [0.2, 0.25) is 0 Å². The van der Waals surface area contributed by atoms with Gasteiger partial charge in [-0.05, 0) is 35.9 Å². The van der Waals surface area contributed by atoms with Gasteiger partial charge >= 0.3 is 0 Å². The van der Waals surface area contributed by atoms with E-state index >= 15 is 0 Å². The van der Waals surface area contributed by atoms with Crippen molar-refractivity contribution in [2.75, 3.05) is 0 Å². The summed E-state index contributed by atoms with van der Waals surface area (Å²) in [5, 5.41) is 0. The van der Waals surface area contributed by atoms with Crippen LogP contribution in [-0.4, -0.2) is 5.78 Å². The first-order valence-electron chi connectivity index (χ1n) is 7.43. The normalized spacial score (nSPS) is 18.5. The molecule has 4 rings (SSSR count). The summed E-state index contributed by atoms with van der Waals surface area (Å²) in [7, 11) is 0. The SMILES string of the molecule is O=C1/C(=C/c2ccco2)[C@H](c2ccccc2)Oc2ccccc21. The second kappa shape index (κ2) is 5.61. The Kier molecular flexibility index (Phi) is 3.31. The highest BCUT2D eigenvalue weighted by molar-refractivity contribution is 6.14. The van der Waals surface area contributed by atoms with Crippen LogP contribution < -0.4 is 4.74 Å². The summed E-state index contributed by atoms with van der Waals surface area (Å²) in [6.07, 6.45) is 2.91. The first kappa shape index (κ1) is 13.6. The van der Waals surface area contributed by atoms with E-state index in [1.807, 2.05) is 54.6 Å². The topological polar surface area (TPSA) is 39.4 Å². The monoisotopic (exact) mass is 302 g/mol. The maximum absolute atomic E-state index is 12.9. The number of hydrogen-bond donors (Lipinski definition) is 0. The van der Waals surface area contributed by atoms with Crippen molar-refractivity contribution in [3.63, 3.8) is 0 Å². The number of carbonyl (C=O) groups excluding carboxylic acids is 1. The molecule has 3 heteroatoms. The molecule has 2 heterocycles. The van der Waals surface area contributed by atoms with Gasteiger partial charge in [0.1, 0.15) is 11.5 Å². The molecule has 0 unspecified atom stereocenters. The molecule has 0 saturated heterocycles. The lowest BCUT2D eigenvalue weighted by Gasteiger charge is -2.28. The van der Waals surface area contributed by atoms with Crippen LogP contribution in [0, 0.1) is 0 Å². The van der Waals surface area contributed by atoms with Crippen LogP contribution in [-0.2, 0) is 0 Å². The van der Waals surface area contributed by atoms with Crippen LogP contribution in [0.15, 0.2) is 83.0 Å². The summed E-state index contributed by atoms with van der Waals surface area (Å²) in [6, 6.07) is 20.7. The summed E-state index contributed by atoms with van der Waals surface area (Å²) in [4.78, 5) is 12.9. The van der Waals surface area contributed by atoms with E-state index < -0.39 is 6.10 Å². The van der Waals surface area contributed by atoms with Crippen LogP contribution in [0.25, 0.3) is 6.08 Å². The van der Waals surface area contributed by atoms with E-state index in [-0.39, 0.29) is 5.78 Å². The van der Waals surface area contributed by atoms with E-state index in [1.165, 1.54) is 0 Å². The highest BCUT2D eigenvalue weighted by atomic mass is 16.5.